The van der Waals surface area contributed by atoms with Crippen LogP contribution in [-0.2, 0) is 11.3 Å². The van der Waals surface area contributed by atoms with Gasteiger partial charge in [0.2, 0.25) is 5.76 Å². The molecule has 0 saturated heterocycles. The zero-order valence-corrected chi connectivity index (χ0v) is 9.57. The predicted molar refractivity (Wildman–Crippen MR) is 59.5 cm³/mol. The maximum Gasteiger partial charge on any atom is 0.371 e. The van der Waals surface area contributed by atoms with Crippen LogP contribution in [0.25, 0.3) is 0 Å². The third kappa shape index (κ3) is 4.49. The second-order valence-corrected chi connectivity index (χ2v) is 3.68. The molecule has 1 N–H and O–H groups in total. The molecular weight excluding hydrogens is 208 g/mol. The molecule has 0 bridgehead atoms. The van der Waals surface area contributed by atoms with Crippen molar-refractivity contribution in [2.75, 3.05) is 6.61 Å². The largest absolute Gasteiger partial charge is 0.475 e. The van der Waals surface area contributed by atoms with Crippen LogP contribution in [0.3, 0.4) is 0 Å². The van der Waals surface area contributed by atoms with Crippen molar-refractivity contribution in [2.45, 2.75) is 39.2 Å². The van der Waals surface area contributed by atoms with E-state index >= 15 is 0 Å². The van der Waals surface area contributed by atoms with Crippen LogP contribution < -0.4 is 0 Å². The summed E-state index contributed by atoms with van der Waals surface area (Å²) in [5, 5.41) is 8.63. The second kappa shape index (κ2) is 7.06. The lowest BCUT2D eigenvalue weighted by atomic mass is 10.2. The molecule has 0 radical (unpaired) electrons. The van der Waals surface area contributed by atoms with Gasteiger partial charge in [-0.15, -0.1) is 0 Å². The fourth-order valence-corrected chi connectivity index (χ4v) is 1.37. The van der Waals surface area contributed by atoms with Gasteiger partial charge >= 0.3 is 5.97 Å². The normalized spacial score (nSPS) is 10.6. The van der Waals surface area contributed by atoms with E-state index in [0.29, 0.717) is 19.0 Å². The number of furan rings is 1. The minimum atomic E-state index is -1.05. The Morgan fingerprint density at radius 2 is 2.19 bits per heavy atom. The zero-order valence-electron chi connectivity index (χ0n) is 9.57. The lowest BCUT2D eigenvalue weighted by Gasteiger charge is -2.01. The molecule has 1 aromatic rings. The smallest absolute Gasteiger partial charge is 0.371 e. The third-order valence-corrected chi connectivity index (χ3v) is 2.26. The van der Waals surface area contributed by atoms with Crippen LogP contribution >= 0.6 is 0 Å². The summed E-state index contributed by atoms with van der Waals surface area (Å²) in [6, 6.07) is 3.08. The first-order valence-electron chi connectivity index (χ1n) is 5.63. The number of aromatic carboxylic acids is 1. The number of hydrogen-bond acceptors (Lipinski definition) is 3. The highest BCUT2D eigenvalue weighted by Gasteiger charge is 2.08. The number of unbranched alkanes of at least 4 members (excludes halogenated alkanes) is 3. The maximum absolute atomic E-state index is 10.5. The van der Waals surface area contributed by atoms with Gasteiger partial charge in [0.25, 0.3) is 0 Å². The van der Waals surface area contributed by atoms with Crippen molar-refractivity contribution in [3.05, 3.63) is 23.7 Å². The second-order valence-electron chi connectivity index (χ2n) is 3.68. The van der Waals surface area contributed by atoms with E-state index in [0.717, 1.165) is 6.42 Å². The van der Waals surface area contributed by atoms with Gasteiger partial charge < -0.3 is 14.3 Å². The summed E-state index contributed by atoms with van der Waals surface area (Å²) in [5.74, 6) is -0.522. The summed E-state index contributed by atoms with van der Waals surface area (Å²) in [4.78, 5) is 10.5. The van der Waals surface area contributed by atoms with Crippen molar-refractivity contribution in [3.8, 4) is 0 Å². The summed E-state index contributed by atoms with van der Waals surface area (Å²) >= 11 is 0. The van der Waals surface area contributed by atoms with Gasteiger partial charge in [0.1, 0.15) is 12.4 Å². The topological polar surface area (TPSA) is 59.7 Å². The van der Waals surface area contributed by atoms with E-state index in [-0.39, 0.29) is 5.76 Å². The molecule has 0 saturated carbocycles. The Labute approximate surface area is 95.2 Å². The fraction of sp³-hybridized carbons (Fsp3) is 0.583. The third-order valence-electron chi connectivity index (χ3n) is 2.26. The Morgan fingerprint density at radius 3 is 2.81 bits per heavy atom. The Morgan fingerprint density at radius 1 is 1.38 bits per heavy atom. The standard InChI is InChI=1S/C12H18O4/c1-2-3-4-5-8-15-9-10-6-7-11(16-10)12(13)14/h6-7H,2-5,8-9H2,1H3,(H,13,14). The van der Waals surface area contributed by atoms with Crippen molar-refractivity contribution in [2.24, 2.45) is 0 Å². The highest BCUT2D eigenvalue weighted by molar-refractivity contribution is 5.84. The highest BCUT2D eigenvalue weighted by Crippen LogP contribution is 2.09. The Kier molecular flexibility index (Phi) is 5.64. The summed E-state index contributed by atoms with van der Waals surface area (Å²) in [5.41, 5.74) is 0. The van der Waals surface area contributed by atoms with E-state index in [9.17, 15) is 4.79 Å². The predicted octanol–water partition coefficient (Wildman–Crippen LogP) is 3.07. The number of ether oxygens (including phenoxy) is 1. The van der Waals surface area contributed by atoms with Crippen molar-refractivity contribution < 1.29 is 19.1 Å². The molecule has 0 unspecified atom stereocenters. The fourth-order valence-electron chi connectivity index (χ4n) is 1.37. The minimum absolute atomic E-state index is 0.0374. The van der Waals surface area contributed by atoms with E-state index in [4.69, 9.17) is 14.3 Å². The van der Waals surface area contributed by atoms with Crippen molar-refractivity contribution >= 4 is 5.97 Å². The zero-order chi connectivity index (χ0) is 11.8. The first-order chi connectivity index (χ1) is 7.74. The number of hydrogen-bond donors (Lipinski definition) is 1. The molecule has 4 nitrogen and oxygen atoms in total. The molecule has 4 heteroatoms. The summed E-state index contributed by atoms with van der Waals surface area (Å²) < 4.78 is 10.4. The monoisotopic (exact) mass is 226 g/mol. The first-order valence-corrected chi connectivity index (χ1v) is 5.63. The van der Waals surface area contributed by atoms with Crippen LogP contribution in [-0.4, -0.2) is 17.7 Å². The van der Waals surface area contributed by atoms with Gasteiger partial charge in [-0.1, -0.05) is 26.2 Å². The van der Waals surface area contributed by atoms with Crippen molar-refractivity contribution in [1.82, 2.24) is 0 Å². The molecule has 0 aliphatic rings. The molecule has 0 spiro atoms. The molecular formula is C12H18O4. The summed E-state index contributed by atoms with van der Waals surface area (Å²) in [7, 11) is 0. The quantitative estimate of drug-likeness (QED) is 0.692. The SMILES string of the molecule is CCCCCCOCc1ccc(C(=O)O)o1. The highest BCUT2D eigenvalue weighted by atomic mass is 16.5. The van der Waals surface area contributed by atoms with Gasteiger partial charge in [0, 0.05) is 6.61 Å². The van der Waals surface area contributed by atoms with Crippen LogP contribution in [0, 0.1) is 0 Å². The van der Waals surface area contributed by atoms with Gasteiger partial charge in [0.15, 0.2) is 0 Å². The van der Waals surface area contributed by atoms with Gasteiger partial charge in [0.05, 0.1) is 0 Å². The maximum atomic E-state index is 10.5. The van der Waals surface area contributed by atoms with Gasteiger partial charge in [-0.25, -0.2) is 4.79 Å². The molecule has 0 atom stereocenters. The number of carbonyl (C=O) groups is 1. The molecule has 0 fully saturated rings. The van der Waals surface area contributed by atoms with Crippen LogP contribution in [0.5, 0.6) is 0 Å². The number of carboxylic acids is 1. The number of rotatable bonds is 8. The average Bonchev–Trinajstić information content (AvgIpc) is 2.72. The summed E-state index contributed by atoms with van der Waals surface area (Å²) in [6.07, 6.45) is 4.66. The molecule has 90 valence electrons. The first kappa shape index (κ1) is 12.8. The Bertz CT molecular complexity index is 317. The van der Waals surface area contributed by atoms with Gasteiger partial charge in [-0.2, -0.15) is 0 Å². The summed E-state index contributed by atoms with van der Waals surface area (Å²) in [6.45, 7) is 3.21. The van der Waals surface area contributed by atoms with Gasteiger partial charge in [-0.3, -0.25) is 0 Å². The molecule has 0 aromatic carbocycles. The van der Waals surface area contributed by atoms with Crippen molar-refractivity contribution in [3.63, 3.8) is 0 Å². The Balaban J connectivity index is 2.14. The number of carboxylic acid groups (broad SMARTS) is 1. The van der Waals surface area contributed by atoms with E-state index in [1.165, 1.54) is 25.3 Å². The minimum Gasteiger partial charge on any atom is -0.475 e. The van der Waals surface area contributed by atoms with E-state index in [2.05, 4.69) is 6.92 Å². The molecule has 16 heavy (non-hydrogen) atoms. The molecule has 0 aliphatic heterocycles. The van der Waals surface area contributed by atoms with E-state index < -0.39 is 5.97 Å². The van der Waals surface area contributed by atoms with Crippen LogP contribution in [0.15, 0.2) is 16.5 Å². The average molecular weight is 226 g/mol. The molecule has 1 aromatic heterocycles. The van der Waals surface area contributed by atoms with Crippen LogP contribution in [0.1, 0.15) is 48.9 Å². The van der Waals surface area contributed by atoms with E-state index in [1.54, 1.807) is 6.07 Å². The van der Waals surface area contributed by atoms with Crippen LogP contribution in [0.2, 0.25) is 0 Å². The van der Waals surface area contributed by atoms with E-state index in [1.807, 2.05) is 0 Å². The lowest BCUT2D eigenvalue weighted by molar-refractivity contribution is 0.0646. The Hall–Kier alpha value is -1.29. The van der Waals surface area contributed by atoms with Crippen LogP contribution in [0.4, 0.5) is 0 Å². The molecule has 0 amide bonds. The van der Waals surface area contributed by atoms with Gasteiger partial charge in [-0.05, 0) is 18.6 Å². The lowest BCUT2D eigenvalue weighted by Crippen LogP contribution is -1.95. The molecule has 1 rings (SSSR count). The molecule has 0 aliphatic carbocycles. The molecule has 1 heterocycles. The van der Waals surface area contributed by atoms with Crippen molar-refractivity contribution in [1.29, 1.82) is 0 Å².